The number of carbonyl (C=O) groups excluding carboxylic acids is 3. The molecule has 1 aliphatic heterocycles. The first-order chi connectivity index (χ1) is 13.5. The molecule has 0 aromatic heterocycles. The van der Waals surface area contributed by atoms with Crippen LogP contribution in [0.2, 0.25) is 0 Å². The Labute approximate surface area is 163 Å². The van der Waals surface area contributed by atoms with Crippen molar-refractivity contribution in [3.63, 3.8) is 0 Å². The van der Waals surface area contributed by atoms with Gasteiger partial charge in [0.15, 0.2) is 0 Å². The van der Waals surface area contributed by atoms with E-state index in [1.807, 2.05) is 55.5 Å². The van der Waals surface area contributed by atoms with Crippen LogP contribution in [0.1, 0.15) is 35.1 Å². The minimum absolute atomic E-state index is 0.277. The molecule has 1 fully saturated rings. The molecule has 6 nitrogen and oxygen atoms in total. The summed E-state index contributed by atoms with van der Waals surface area (Å²) in [4.78, 5) is 39.1. The molecule has 1 saturated heterocycles. The normalized spacial score (nSPS) is 20.8. The van der Waals surface area contributed by atoms with Crippen molar-refractivity contribution in [3.8, 4) is 0 Å². The van der Waals surface area contributed by atoms with Crippen LogP contribution in [0.5, 0.6) is 0 Å². The molecule has 144 valence electrons. The molecule has 4 amide bonds. The number of nitrogens with one attached hydrogen (secondary N) is 2. The zero-order chi connectivity index (χ0) is 19.7. The molecule has 0 bridgehead atoms. The molecule has 6 heteroatoms. The smallest absolute Gasteiger partial charge is 0.325 e. The van der Waals surface area contributed by atoms with Crippen LogP contribution in [-0.2, 0) is 28.1 Å². The highest BCUT2D eigenvalue weighted by Crippen LogP contribution is 2.39. The summed E-state index contributed by atoms with van der Waals surface area (Å²) in [6.45, 7) is 2.08. The summed E-state index contributed by atoms with van der Waals surface area (Å²) in [5.41, 5.74) is 3.00. The number of amides is 4. The van der Waals surface area contributed by atoms with Crippen molar-refractivity contribution in [1.82, 2.24) is 15.5 Å². The molecule has 0 radical (unpaired) electrons. The van der Waals surface area contributed by atoms with Gasteiger partial charge in [-0.2, -0.15) is 0 Å². The zero-order valence-electron chi connectivity index (χ0n) is 15.8. The van der Waals surface area contributed by atoms with E-state index in [9.17, 15) is 14.4 Å². The van der Waals surface area contributed by atoms with Crippen LogP contribution in [0.15, 0.2) is 48.5 Å². The fourth-order valence-electron chi connectivity index (χ4n) is 4.06. The molecular formula is C22H23N3O3. The van der Waals surface area contributed by atoms with Crippen LogP contribution in [-0.4, -0.2) is 29.3 Å². The number of fused-ring (bicyclic) bond motifs is 2. The summed E-state index contributed by atoms with van der Waals surface area (Å²) in [5, 5.41) is 5.65. The van der Waals surface area contributed by atoms with E-state index in [0.29, 0.717) is 13.0 Å². The number of carbonyl (C=O) groups is 3. The number of hydrogen-bond donors (Lipinski definition) is 2. The van der Waals surface area contributed by atoms with E-state index in [4.69, 9.17) is 0 Å². The van der Waals surface area contributed by atoms with Gasteiger partial charge in [-0.05, 0) is 42.9 Å². The minimum atomic E-state index is -1.04. The molecular weight excluding hydrogens is 354 g/mol. The standard InChI is InChI=1S/C22H23N3O3/c1-15-8-10-16(11-9-15)13-23-19(26)14-25-20(27)22(24-21(25)28)12-4-6-17-5-2-3-7-18(17)22/h2-3,5,7-11H,4,6,12-14H2,1H3,(H,23,26)(H,24,28)/t22-/m0/s1. The van der Waals surface area contributed by atoms with Gasteiger partial charge >= 0.3 is 6.03 Å². The number of rotatable bonds is 4. The van der Waals surface area contributed by atoms with Gasteiger partial charge in [-0.25, -0.2) is 4.79 Å². The summed E-state index contributed by atoms with van der Waals surface area (Å²) in [6.07, 6.45) is 2.25. The molecule has 2 aromatic rings. The van der Waals surface area contributed by atoms with Crippen LogP contribution in [0, 0.1) is 6.92 Å². The van der Waals surface area contributed by atoms with Gasteiger partial charge in [0, 0.05) is 6.54 Å². The lowest BCUT2D eigenvalue weighted by molar-refractivity contribution is -0.135. The van der Waals surface area contributed by atoms with Crippen molar-refractivity contribution in [1.29, 1.82) is 0 Å². The lowest BCUT2D eigenvalue weighted by Crippen LogP contribution is -2.47. The molecule has 1 heterocycles. The number of aryl methyl sites for hydroxylation is 2. The quantitative estimate of drug-likeness (QED) is 0.803. The predicted octanol–water partition coefficient (Wildman–Crippen LogP) is 2.39. The monoisotopic (exact) mass is 377 g/mol. The van der Waals surface area contributed by atoms with Gasteiger partial charge in [0.05, 0.1) is 0 Å². The van der Waals surface area contributed by atoms with E-state index < -0.39 is 11.6 Å². The highest BCUT2D eigenvalue weighted by atomic mass is 16.2. The summed E-state index contributed by atoms with van der Waals surface area (Å²) in [7, 11) is 0. The van der Waals surface area contributed by atoms with Crippen molar-refractivity contribution < 1.29 is 14.4 Å². The predicted molar refractivity (Wildman–Crippen MR) is 104 cm³/mol. The van der Waals surface area contributed by atoms with Crippen molar-refractivity contribution in [2.75, 3.05) is 6.54 Å². The van der Waals surface area contributed by atoms with Crippen molar-refractivity contribution in [2.24, 2.45) is 0 Å². The summed E-state index contributed by atoms with van der Waals surface area (Å²) >= 11 is 0. The molecule has 1 aliphatic carbocycles. The molecule has 2 aromatic carbocycles. The second kappa shape index (κ2) is 7.11. The number of urea groups is 1. The number of hydrogen-bond acceptors (Lipinski definition) is 3. The van der Waals surface area contributed by atoms with Crippen molar-refractivity contribution in [2.45, 2.75) is 38.3 Å². The third kappa shape index (κ3) is 3.15. The average Bonchev–Trinajstić information content (AvgIpc) is 2.93. The Morgan fingerprint density at radius 2 is 1.89 bits per heavy atom. The molecule has 0 saturated carbocycles. The average molecular weight is 377 g/mol. The lowest BCUT2D eigenvalue weighted by atomic mass is 9.76. The Kier molecular flexibility index (Phi) is 4.63. The maximum absolute atomic E-state index is 13.2. The number of nitrogens with zero attached hydrogens (tertiary/aromatic N) is 1. The topological polar surface area (TPSA) is 78.5 Å². The molecule has 1 spiro atoms. The van der Waals surface area contributed by atoms with E-state index in [0.717, 1.165) is 40.0 Å². The molecule has 1 atom stereocenters. The Morgan fingerprint density at radius 3 is 2.68 bits per heavy atom. The third-order valence-corrected chi connectivity index (χ3v) is 5.56. The zero-order valence-corrected chi connectivity index (χ0v) is 15.8. The number of benzene rings is 2. The summed E-state index contributed by atoms with van der Waals surface area (Å²) < 4.78 is 0. The first-order valence-corrected chi connectivity index (χ1v) is 9.54. The van der Waals surface area contributed by atoms with E-state index in [2.05, 4.69) is 10.6 Å². The van der Waals surface area contributed by atoms with Crippen LogP contribution in [0.4, 0.5) is 4.79 Å². The SMILES string of the molecule is Cc1ccc(CNC(=O)CN2C(=O)N[C@]3(CCCc4ccccc43)C2=O)cc1. The maximum atomic E-state index is 13.2. The van der Waals surface area contributed by atoms with Gasteiger partial charge in [0.1, 0.15) is 12.1 Å². The van der Waals surface area contributed by atoms with Gasteiger partial charge in [0.2, 0.25) is 5.91 Å². The van der Waals surface area contributed by atoms with E-state index in [1.165, 1.54) is 0 Å². The van der Waals surface area contributed by atoms with Crippen LogP contribution < -0.4 is 10.6 Å². The first-order valence-electron chi connectivity index (χ1n) is 9.54. The Morgan fingerprint density at radius 1 is 1.14 bits per heavy atom. The Hall–Kier alpha value is -3.15. The maximum Gasteiger partial charge on any atom is 0.325 e. The van der Waals surface area contributed by atoms with Crippen LogP contribution in [0.25, 0.3) is 0 Å². The molecule has 4 rings (SSSR count). The second-order valence-corrected chi connectivity index (χ2v) is 7.50. The fraction of sp³-hybridized carbons (Fsp3) is 0.318. The van der Waals surface area contributed by atoms with Gasteiger partial charge in [-0.15, -0.1) is 0 Å². The van der Waals surface area contributed by atoms with Crippen LogP contribution >= 0.6 is 0 Å². The lowest BCUT2D eigenvalue weighted by Gasteiger charge is -2.33. The van der Waals surface area contributed by atoms with Gasteiger partial charge < -0.3 is 10.6 Å². The highest BCUT2D eigenvalue weighted by molar-refractivity contribution is 6.09. The van der Waals surface area contributed by atoms with E-state index in [1.54, 1.807) is 0 Å². The molecule has 28 heavy (non-hydrogen) atoms. The van der Waals surface area contributed by atoms with E-state index in [-0.39, 0.29) is 18.4 Å². The van der Waals surface area contributed by atoms with Crippen LogP contribution in [0.3, 0.4) is 0 Å². The molecule has 2 aliphatic rings. The van der Waals surface area contributed by atoms with Crippen molar-refractivity contribution >= 4 is 17.8 Å². The summed E-state index contributed by atoms with van der Waals surface area (Å²) in [6, 6.07) is 15.0. The first kappa shape index (κ1) is 18.2. The second-order valence-electron chi connectivity index (χ2n) is 7.50. The summed E-state index contributed by atoms with van der Waals surface area (Å²) in [5.74, 6) is -0.694. The van der Waals surface area contributed by atoms with Crippen molar-refractivity contribution in [3.05, 3.63) is 70.8 Å². The number of imide groups is 1. The molecule has 2 N–H and O–H groups in total. The Balaban J connectivity index is 1.46. The van der Waals surface area contributed by atoms with Gasteiger partial charge in [-0.1, -0.05) is 54.1 Å². The highest BCUT2D eigenvalue weighted by Gasteiger charge is 2.54. The van der Waals surface area contributed by atoms with E-state index >= 15 is 0 Å². The largest absolute Gasteiger partial charge is 0.350 e. The Bertz CT molecular complexity index is 938. The van der Waals surface area contributed by atoms with Gasteiger partial charge in [-0.3, -0.25) is 14.5 Å². The van der Waals surface area contributed by atoms with Gasteiger partial charge in [0.25, 0.3) is 5.91 Å². The molecule has 0 unspecified atom stereocenters. The fourth-order valence-corrected chi connectivity index (χ4v) is 4.06. The third-order valence-electron chi connectivity index (χ3n) is 5.56. The minimum Gasteiger partial charge on any atom is -0.350 e.